The number of carbonyl (C=O) groups is 1. The average molecular weight is 414 g/mol. The smallest absolute Gasteiger partial charge is 0.236 e. The van der Waals surface area contributed by atoms with Crippen LogP contribution in [0.5, 0.6) is 0 Å². The molecule has 30 heavy (non-hydrogen) atoms. The molecule has 2 heterocycles. The quantitative estimate of drug-likeness (QED) is 0.696. The summed E-state index contributed by atoms with van der Waals surface area (Å²) in [4.78, 5) is 28.0. The summed E-state index contributed by atoms with van der Waals surface area (Å²) in [5, 5.41) is 0. The largest absolute Gasteiger partial charge is 0.347 e. The molecule has 1 aliphatic rings. The number of carbonyl (C=O) groups excluding carboxylic acids is 1. The van der Waals surface area contributed by atoms with Crippen molar-refractivity contribution in [3.63, 3.8) is 0 Å². The molecule has 1 fully saturated rings. The van der Waals surface area contributed by atoms with E-state index < -0.39 is 0 Å². The molecule has 1 amide bonds. The van der Waals surface area contributed by atoms with E-state index in [1.165, 1.54) is 12.1 Å². The van der Waals surface area contributed by atoms with Crippen LogP contribution >= 0.6 is 0 Å². The molecule has 0 radical (unpaired) electrons. The Morgan fingerprint density at radius 1 is 1.20 bits per heavy atom. The normalized spacial score (nSPS) is 17.0. The Labute approximate surface area is 178 Å². The van der Waals surface area contributed by atoms with Crippen molar-refractivity contribution in [2.45, 2.75) is 32.6 Å². The van der Waals surface area contributed by atoms with Crippen molar-refractivity contribution in [1.82, 2.24) is 19.8 Å². The van der Waals surface area contributed by atoms with E-state index in [1.54, 1.807) is 12.1 Å². The maximum atomic E-state index is 13.4. The fourth-order valence-corrected chi connectivity index (χ4v) is 4.05. The van der Waals surface area contributed by atoms with Gasteiger partial charge in [0.05, 0.1) is 12.2 Å². The molecule has 0 aliphatic carbocycles. The van der Waals surface area contributed by atoms with Crippen molar-refractivity contribution in [3.8, 4) is 11.1 Å². The molecule has 1 atom stereocenters. The predicted octanol–water partition coefficient (Wildman–Crippen LogP) is 3.40. The van der Waals surface area contributed by atoms with Gasteiger partial charge >= 0.3 is 0 Å². The van der Waals surface area contributed by atoms with Crippen molar-refractivity contribution < 1.29 is 9.18 Å². The summed E-state index contributed by atoms with van der Waals surface area (Å²) in [5.74, 6) is 0.776. The van der Waals surface area contributed by atoms with Crippen LogP contribution in [0.3, 0.4) is 0 Å². The number of anilines is 1. The lowest BCUT2D eigenvalue weighted by molar-refractivity contribution is -0.132. The maximum Gasteiger partial charge on any atom is 0.236 e. The molecule has 1 aliphatic heterocycles. The summed E-state index contributed by atoms with van der Waals surface area (Å²) < 4.78 is 13.4. The molecule has 1 aromatic heterocycles. The van der Waals surface area contributed by atoms with E-state index in [0.717, 1.165) is 55.8 Å². The summed E-state index contributed by atoms with van der Waals surface area (Å²) >= 11 is 0. The number of likely N-dealkylation sites (N-methyl/N-ethyl adjacent to an activating group) is 1. The Balaban J connectivity index is 1.88. The van der Waals surface area contributed by atoms with Crippen LogP contribution in [0.4, 0.5) is 10.3 Å². The third-order valence-corrected chi connectivity index (χ3v) is 5.73. The van der Waals surface area contributed by atoms with E-state index in [-0.39, 0.29) is 17.6 Å². The molecule has 0 spiro atoms. The summed E-state index contributed by atoms with van der Waals surface area (Å²) in [6.07, 6.45) is 3.86. The van der Waals surface area contributed by atoms with E-state index in [4.69, 9.17) is 4.98 Å². The Hall–Kier alpha value is -2.54. The number of aromatic nitrogens is 2. The lowest BCUT2D eigenvalue weighted by Gasteiger charge is -2.34. The number of likely N-dealkylation sites (tertiary alicyclic amines) is 1. The highest BCUT2D eigenvalue weighted by Gasteiger charge is 2.27. The Kier molecular flexibility index (Phi) is 7.37. The number of rotatable bonds is 7. The first-order valence-corrected chi connectivity index (χ1v) is 10.7. The molecular formula is C23H32FN5O. The second kappa shape index (κ2) is 9.98. The van der Waals surface area contributed by atoms with Crippen molar-refractivity contribution in [2.75, 3.05) is 51.7 Å². The predicted molar refractivity (Wildman–Crippen MR) is 118 cm³/mol. The van der Waals surface area contributed by atoms with E-state index in [0.29, 0.717) is 12.5 Å². The fourth-order valence-electron chi connectivity index (χ4n) is 4.05. The first kappa shape index (κ1) is 22.2. The SMILES string of the molecule is CCN(CC)C(=O)CN1CCC[C@H](c2nc(N(C)C)ncc2-c2ccc(F)cc2)C1. The molecule has 0 bridgehead atoms. The number of nitrogens with zero attached hydrogens (tertiary/aromatic N) is 5. The fraction of sp³-hybridized carbons (Fsp3) is 0.522. The second-order valence-electron chi connectivity index (χ2n) is 8.01. The third kappa shape index (κ3) is 5.14. The average Bonchev–Trinajstić information content (AvgIpc) is 2.75. The molecule has 162 valence electrons. The van der Waals surface area contributed by atoms with Crippen LogP contribution in [-0.2, 0) is 4.79 Å². The summed E-state index contributed by atoms with van der Waals surface area (Å²) in [6, 6.07) is 6.48. The summed E-state index contributed by atoms with van der Waals surface area (Å²) in [6.45, 7) is 7.64. The first-order valence-electron chi connectivity index (χ1n) is 10.7. The minimum Gasteiger partial charge on any atom is -0.347 e. The highest BCUT2D eigenvalue weighted by atomic mass is 19.1. The van der Waals surface area contributed by atoms with E-state index in [1.807, 2.05) is 43.9 Å². The standard InChI is InChI=1S/C23H32FN5O/c1-5-29(6-2)21(30)16-28-13-7-8-18(15-28)22-20(14-25-23(26-22)27(3)4)17-9-11-19(24)12-10-17/h9-12,14,18H,5-8,13,15-16H2,1-4H3/t18-/m0/s1. The minimum atomic E-state index is -0.259. The number of piperidine rings is 1. The Morgan fingerprint density at radius 2 is 1.90 bits per heavy atom. The lowest BCUT2D eigenvalue weighted by Crippen LogP contribution is -2.44. The summed E-state index contributed by atoms with van der Waals surface area (Å²) in [5.41, 5.74) is 2.82. The van der Waals surface area contributed by atoms with Crippen molar-refractivity contribution in [2.24, 2.45) is 0 Å². The molecular weight excluding hydrogens is 381 g/mol. The molecule has 1 saturated heterocycles. The number of amides is 1. The van der Waals surface area contributed by atoms with Gasteiger partial charge in [-0.25, -0.2) is 14.4 Å². The zero-order valence-electron chi connectivity index (χ0n) is 18.4. The molecule has 3 rings (SSSR count). The topological polar surface area (TPSA) is 52.6 Å². The van der Waals surface area contributed by atoms with Crippen molar-refractivity contribution in [1.29, 1.82) is 0 Å². The molecule has 6 nitrogen and oxygen atoms in total. The van der Waals surface area contributed by atoms with Crippen LogP contribution in [-0.4, -0.2) is 72.5 Å². The van der Waals surface area contributed by atoms with Crippen LogP contribution in [0.15, 0.2) is 30.5 Å². The Bertz CT molecular complexity index is 851. The molecule has 0 N–H and O–H groups in total. The third-order valence-electron chi connectivity index (χ3n) is 5.73. The van der Waals surface area contributed by atoms with Gasteiger partial charge < -0.3 is 9.80 Å². The van der Waals surface area contributed by atoms with Gasteiger partial charge in [-0.2, -0.15) is 0 Å². The second-order valence-corrected chi connectivity index (χ2v) is 8.01. The van der Waals surface area contributed by atoms with Crippen LogP contribution in [0, 0.1) is 5.82 Å². The molecule has 0 unspecified atom stereocenters. The van der Waals surface area contributed by atoms with E-state index in [2.05, 4.69) is 9.88 Å². The van der Waals surface area contributed by atoms with Crippen LogP contribution in [0.1, 0.15) is 38.3 Å². The van der Waals surface area contributed by atoms with Gasteiger partial charge in [0.15, 0.2) is 0 Å². The molecule has 0 saturated carbocycles. The maximum absolute atomic E-state index is 13.4. The minimum absolute atomic E-state index is 0.177. The number of halogens is 1. The monoisotopic (exact) mass is 413 g/mol. The van der Waals surface area contributed by atoms with Gasteiger partial charge in [-0.15, -0.1) is 0 Å². The zero-order valence-corrected chi connectivity index (χ0v) is 18.4. The van der Waals surface area contributed by atoms with Crippen LogP contribution < -0.4 is 4.90 Å². The highest BCUT2D eigenvalue weighted by molar-refractivity contribution is 5.78. The van der Waals surface area contributed by atoms with Crippen LogP contribution in [0.25, 0.3) is 11.1 Å². The summed E-state index contributed by atoms with van der Waals surface area (Å²) in [7, 11) is 3.85. The van der Waals surface area contributed by atoms with E-state index in [9.17, 15) is 9.18 Å². The van der Waals surface area contributed by atoms with Gasteiger partial charge in [0.1, 0.15) is 5.82 Å². The molecule has 1 aromatic carbocycles. The van der Waals surface area contributed by atoms with Gasteiger partial charge in [0.25, 0.3) is 0 Å². The molecule has 7 heteroatoms. The highest BCUT2D eigenvalue weighted by Crippen LogP contribution is 2.34. The van der Waals surface area contributed by atoms with Gasteiger partial charge in [-0.05, 0) is 50.9 Å². The van der Waals surface area contributed by atoms with Gasteiger partial charge in [0, 0.05) is 51.4 Å². The first-order chi connectivity index (χ1) is 14.4. The van der Waals surface area contributed by atoms with Gasteiger partial charge in [-0.3, -0.25) is 9.69 Å². The van der Waals surface area contributed by atoms with Crippen LogP contribution in [0.2, 0.25) is 0 Å². The van der Waals surface area contributed by atoms with Crippen molar-refractivity contribution >= 4 is 11.9 Å². The number of benzene rings is 1. The Morgan fingerprint density at radius 3 is 2.53 bits per heavy atom. The number of hydrogen-bond donors (Lipinski definition) is 0. The van der Waals surface area contributed by atoms with Crippen molar-refractivity contribution in [3.05, 3.63) is 42.0 Å². The van der Waals surface area contributed by atoms with Gasteiger partial charge in [0.2, 0.25) is 11.9 Å². The van der Waals surface area contributed by atoms with E-state index >= 15 is 0 Å². The number of hydrogen-bond acceptors (Lipinski definition) is 5. The van der Waals surface area contributed by atoms with Gasteiger partial charge in [-0.1, -0.05) is 12.1 Å². The lowest BCUT2D eigenvalue weighted by atomic mass is 9.90. The molecule has 2 aromatic rings. The zero-order chi connectivity index (χ0) is 21.7.